The molecule has 0 heterocycles. The van der Waals surface area contributed by atoms with Gasteiger partial charge in [0, 0.05) is 5.41 Å². The van der Waals surface area contributed by atoms with Gasteiger partial charge in [-0.3, -0.25) is 4.79 Å². The summed E-state index contributed by atoms with van der Waals surface area (Å²) in [6.45, 7) is 1.47. The number of alkyl halides is 3. The van der Waals surface area contributed by atoms with Crippen molar-refractivity contribution in [2.24, 2.45) is 17.1 Å². The minimum absolute atomic E-state index is 0.161. The standard InChI is InChI=1S/C7H10F3NO/c1-6(5(11)12)2-4(3-6)7(8,9)10/h4H,2-3H2,1H3,(H2,11,12). The highest BCUT2D eigenvalue weighted by atomic mass is 19.4. The lowest BCUT2D eigenvalue weighted by molar-refractivity contribution is -0.217. The van der Waals surface area contributed by atoms with E-state index in [2.05, 4.69) is 0 Å². The van der Waals surface area contributed by atoms with Crippen LogP contribution in [0, 0.1) is 11.3 Å². The number of nitrogens with two attached hydrogens (primary N) is 1. The zero-order chi connectivity index (χ0) is 9.57. The van der Waals surface area contributed by atoms with E-state index >= 15 is 0 Å². The van der Waals surface area contributed by atoms with Crippen molar-refractivity contribution in [3.05, 3.63) is 0 Å². The van der Waals surface area contributed by atoms with E-state index in [4.69, 9.17) is 5.73 Å². The molecule has 0 bridgehead atoms. The van der Waals surface area contributed by atoms with E-state index in [1.807, 2.05) is 0 Å². The Morgan fingerprint density at radius 1 is 1.50 bits per heavy atom. The summed E-state index contributed by atoms with van der Waals surface area (Å²) in [5, 5.41) is 0. The van der Waals surface area contributed by atoms with Gasteiger partial charge in [-0.1, -0.05) is 6.92 Å². The van der Waals surface area contributed by atoms with E-state index < -0.39 is 23.4 Å². The quantitative estimate of drug-likeness (QED) is 0.653. The number of hydrogen-bond acceptors (Lipinski definition) is 1. The predicted octanol–water partition coefficient (Wildman–Crippen LogP) is 1.45. The molecule has 1 rings (SSSR count). The summed E-state index contributed by atoms with van der Waals surface area (Å²) in [6, 6.07) is 0. The summed E-state index contributed by atoms with van der Waals surface area (Å²) in [6.07, 6.45) is -4.49. The van der Waals surface area contributed by atoms with Crippen molar-refractivity contribution >= 4 is 5.91 Å². The third kappa shape index (κ3) is 1.40. The third-order valence-corrected chi connectivity index (χ3v) is 2.45. The van der Waals surface area contributed by atoms with Gasteiger partial charge < -0.3 is 5.73 Å². The van der Waals surface area contributed by atoms with Crippen LogP contribution in [0.2, 0.25) is 0 Å². The summed E-state index contributed by atoms with van der Waals surface area (Å²) in [7, 11) is 0. The van der Waals surface area contributed by atoms with Crippen LogP contribution in [0.1, 0.15) is 19.8 Å². The van der Waals surface area contributed by atoms with Gasteiger partial charge in [-0.2, -0.15) is 13.2 Å². The molecule has 2 nitrogen and oxygen atoms in total. The molecule has 0 aromatic heterocycles. The predicted molar refractivity (Wildman–Crippen MR) is 36.1 cm³/mol. The lowest BCUT2D eigenvalue weighted by Crippen LogP contribution is -2.49. The van der Waals surface area contributed by atoms with E-state index in [1.54, 1.807) is 0 Å². The maximum atomic E-state index is 12.0. The van der Waals surface area contributed by atoms with Gasteiger partial charge in [0.05, 0.1) is 5.92 Å². The van der Waals surface area contributed by atoms with Crippen molar-refractivity contribution in [2.45, 2.75) is 25.9 Å². The number of amides is 1. The Balaban J connectivity index is 2.53. The first-order valence-corrected chi connectivity index (χ1v) is 3.62. The number of primary amides is 1. The highest BCUT2D eigenvalue weighted by Crippen LogP contribution is 2.52. The van der Waals surface area contributed by atoms with Gasteiger partial charge in [0.15, 0.2) is 0 Å². The second-order valence-electron chi connectivity index (χ2n) is 3.57. The van der Waals surface area contributed by atoms with Gasteiger partial charge in [0.1, 0.15) is 0 Å². The second kappa shape index (κ2) is 2.37. The molecule has 0 aliphatic heterocycles. The van der Waals surface area contributed by atoms with E-state index in [1.165, 1.54) is 6.92 Å². The first-order chi connectivity index (χ1) is 5.26. The molecular weight excluding hydrogens is 171 g/mol. The Labute approximate surface area is 67.9 Å². The van der Waals surface area contributed by atoms with Crippen LogP contribution >= 0.6 is 0 Å². The van der Waals surface area contributed by atoms with Crippen LogP contribution in [0.4, 0.5) is 13.2 Å². The number of rotatable bonds is 1. The van der Waals surface area contributed by atoms with Crippen molar-refractivity contribution < 1.29 is 18.0 Å². The van der Waals surface area contributed by atoms with E-state index in [9.17, 15) is 18.0 Å². The largest absolute Gasteiger partial charge is 0.391 e. The first-order valence-electron chi connectivity index (χ1n) is 3.62. The van der Waals surface area contributed by atoms with Crippen LogP contribution in [-0.4, -0.2) is 12.1 Å². The summed E-state index contributed by atoms with van der Waals surface area (Å²) in [5.41, 5.74) is 4.00. The molecule has 0 aromatic carbocycles. The molecule has 1 saturated carbocycles. The normalized spacial score (nSPS) is 35.8. The molecule has 70 valence electrons. The number of carbonyl (C=O) groups excluding carboxylic acids is 1. The average molecular weight is 181 g/mol. The van der Waals surface area contributed by atoms with Crippen molar-refractivity contribution in [1.29, 1.82) is 0 Å². The maximum Gasteiger partial charge on any atom is 0.391 e. The smallest absolute Gasteiger partial charge is 0.369 e. The summed E-state index contributed by atoms with van der Waals surface area (Å²) in [5.74, 6) is -1.97. The van der Waals surface area contributed by atoms with Crippen molar-refractivity contribution in [2.75, 3.05) is 0 Å². The Bertz CT molecular complexity index is 205. The topological polar surface area (TPSA) is 43.1 Å². The zero-order valence-corrected chi connectivity index (χ0v) is 6.61. The van der Waals surface area contributed by atoms with Gasteiger partial charge in [0.2, 0.25) is 5.91 Å². The molecule has 0 spiro atoms. The van der Waals surface area contributed by atoms with Crippen molar-refractivity contribution in [1.82, 2.24) is 0 Å². The molecule has 1 fully saturated rings. The van der Waals surface area contributed by atoms with Gasteiger partial charge in [0.25, 0.3) is 0 Å². The molecule has 2 N–H and O–H groups in total. The molecule has 0 unspecified atom stereocenters. The van der Waals surface area contributed by atoms with Crippen LogP contribution < -0.4 is 5.73 Å². The summed E-state index contributed by atoms with van der Waals surface area (Å²) >= 11 is 0. The SMILES string of the molecule is CC1(C(N)=O)CC(C(F)(F)F)C1. The monoisotopic (exact) mass is 181 g/mol. The highest BCUT2D eigenvalue weighted by Gasteiger charge is 2.55. The Hall–Kier alpha value is -0.740. The van der Waals surface area contributed by atoms with Gasteiger partial charge in [-0.15, -0.1) is 0 Å². The average Bonchev–Trinajstić information content (AvgIpc) is 1.77. The van der Waals surface area contributed by atoms with Crippen molar-refractivity contribution in [3.8, 4) is 0 Å². The lowest BCUT2D eigenvalue weighted by Gasteiger charge is -2.43. The zero-order valence-electron chi connectivity index (χ0n) is 6.61. The maximum absolute atomic E-state index is 12.0. The van der Waals surface area contributed by atoms with Crippen LogP contribution in [0.3, 0.4) is 0 Å². The molecule has 1 aliphatic carbocycles. The number of carbonyl (C=O) groups is 1. The van der Waals surface area contributed by atoms with Gasteiger partial charge in [-0.05, 0) is 12.8 Å². The molecule has 0 atom stereocenters. The Morgan fingerprint density at radius 3 is 2.17 bits per heavy atom. The minimum Gasteiger partial charge on any atom is -0.369 e. The third-order valence-electron chi connectivity index (χ3n) is 2.45. The van der Waals surface area contributed by atoms with Crippen LogP contribution in [0.5, 0.6) is 0 Å². The van der Waals surface area contributed by atoms with Crippen molar-refractivity contribution in [3.63, 3.8) is 0 Å². The van der Waals surface area contributed by atoms with E-state index in [0.29, 0.717) is 0 Å². The molecule has 0 radical (unpaired) electrons. The molecule has 12 heavy (non-hydrogen) atoms. The first kappa shape index (κ1) is 9.35. The van der Waals surface area contributed by atoms with E-state index in [-0.39, 0.29) is 12.8 Å². The Kier molecular flexibility index (Phi) is 1.85. The number of halogens is 3. The highest BCUT2D eigenvalue weighted by molar-refractivity contribution is 5.81. The molecule has 1 amide bonds. The molecule has 1 aliphatic rings. The molecular formula is C7H10F3NO. The minimum atomic E-state index is -4.17. The molecule has 5 heteroatoms. The molecule has 0 aromatic rings. The fourth-order valence-electron chi connectivity index (χ4n) is 1.46. The van der Waals surface area contributed by atoms with E-state index in [0.717, 1.165) is 0 Å². The second-order valence-corrected chi connectivity index (χ2v) is 3.57. The van der Waals surface area contributed by atoms with Gasteiger partial charge in [-0.25, -0.2) is 0 Å². The summed E-state index contributed by atoms with van der Waals surface area (Å²) < 4.78 is 35.9. The summed E-state index contributed by atoms with van der Waals surface area (Å²) in [4.78, 5) is 10.6. The van der Waals surface area contributed by atoms with Crippen LogP contribution in [0.15, 0.2) is 0 Å². The fraction of sp³-hybridized carbons (Fsp3) is 0.857. The molecule has 0 saturated heterocycles. The van der Waals surface area contributed by atoms with Crippen LogP contribution in [-0.2, 0) is 4.79 Å². The Morgan fingerprint density at radius 2 is 1.92 bits per heavy atom. The number of hydrogen-bond donors (Lipinski definition) is 1. The fourth-order valence-corrected chi connectivity index (χ4v) is 1.46. The lowest BCUT2D eigenvalue weighted by atomic mass is 9.62. The van der Waals surface area contributed by atoms with Gasteiger partial charge >= 0.3 is 6.18 Å². The van der Waals surface area contributed by atoms with Crippen LogP contribution in [0.25, 0.3) is 0 Å².